The number of anilines is 2. The average molecular weight is 490 g/mol. The maximum atomic E-state index is 12.8. The first-order valence-electron chi connectivity index (χ1n) is 10.5. The van der Waals surface area contributed by atoms with Crippen LogP contribution in [0.2, 0.25) is 0 Å². The van der Waals surface area contributed by atoms with E-state index in [1.54, 1.807) is 18.2 Å². The number of nitrogens with zero attached hydrogens (tertiary/aromatic N) is 1. The Morgan fingerprint density at radius 1 is 0.971 bits per heavy atom. The van der Waals surface area contributed by atoms with Crippen molar-refractivity contribution in [1.29, 1.82) is 5.26 Å². The highest BCUT2D eigenvalue weighted by atomic mass is 32.2. The molecule has 178 valence electrons. The van der Waals surface area contributed by atoms with E-state index in [-0.39, 0.29) is 27.7 Å². The number of nitriles is 1. The lowest BCUT2D eigenvalue weighted by molar-refractivity contribution is -0.114. The molecule has 3 rings (SSSR count). The van der Waals surface area contributed by atoms with E-state index in [4.69, 9.17) is 4.18 Å². The zero-order chi connectivity index (χ0) is 25.6. The van der Waals surface area contributed by atoms with Crippen LogP contribution in [0.3, 0.4) is 0 Å². The number of rotatable bonds is 7. The third kappa shape index (κ3) is 6.56. The van der Waals surface area contributed by atoms with Crippen LogP contribution in [0.25, 0.3) is 6.08 Å². The first-order chi connectivity index (χ1) is 16.6. The maximum Gasteiger partial charge on any atom is 0.339 e. The molecule has 35 heavy (non-hydrogen) atoms. The second-order valence-corrected chi connectivity index (χ2v) is 9.27. The molecule has 0 heterocycles. The predicted octanol–water partition coefficient (Wildman–Crippen LogP) is 4.58. The number of nitrogens with one attached hydrogen (secondary N) is 2. The summed E-state index contributed by atoms with van der Waals surface area (Å²) >= 11 is 0. The average Bonchev–Trinajstić information content (AvgIpc) is 2.80. The highest BCUT2D eigenvalue weighted by Gasteiger charge is 2.19. The summed E-state index contributed by atoms with van der Waals surface area (Å²) < 4.78 is 30.9. The number of hydrogen-bond acceptors (Lipinski definition) is 6. The fraction of sp³-hybridized carbons (Fsp3) is 0.115. The topological polar surface area (TPSA) is 125 Å². The summed E-state index contributed by atoms with van der Waals surface area (Å²) in [6.07, 6.45) is 1.27. The van der Waals surface area contributed by atoms with Gasteiger partial charge in [-0.15, -0.1) is 0 Å². The molecule has 0 fully saturated rings. The monoisotopic (exact) mass is 489 g/mol. The van der Waals surface area contributed by atoms with Crippen molar-refractivity contribution in [3.8, 4) is 11.8 Å². The molecular weight excluding hydrogens is 466 g/mol. The third-order valence-electron chi connectivity index (χ3n) is 4.88. The van der Waals surface area contributed by atoms with Gasteiger partial charge in [0.05, 0.1) is 0 Å². The first kappa shape index (κ1) is 25.2. The molecule has 0 aliphatic heterocycles. The van der Waals surface area contributed by atoms with Gasteiger partial charge in [0.1, 0.15) is 22.3 Å². The predicted molar refractivity (Wildman–Crippen MR) is 133 cm³/mol. The molecule has 0 spiro atoms. The van der Waals surface area contributed by atoms with E-state index >= 15 is 0 Å². The van der Waals surface area contributed by atoms with E-state index < -0.39 is 16.0 Å². The highest BCUT2D eigenvalue weighted by Crippen LogP contribution is 2.26. The maximum absolute atomic E-state index is 12.8. The molecule has 0 saturated carbocycles. The van der Waals surface area contributed by atoms with E-state index in [1.807, 2.05) is 32.0 Å². The van der Waals surface area contributed by atoms with Gasteiger partial charge in [-0.3, -0.25) is 9.59 Å². The number of carbonyl (C=O) groups excluding carboxylic acids is 2. The van der Waals surface area contributed by atoms with Crippen LogP contribution < -0.4 is 14.8 Å². The van der Waals surface area contributed by atoms with E-state index in [0.29, 0.717) is 11.4 Å². The molecule has 0 aromatic heterocycles. The normalized spacial score (nSPS) is 11.3. The van der Waals surface area contributed by atoms with Gasteiger partial charge in [-0.25, -0.2) is 0 Å². The summed E-state index contributed by atoms with van der Waals surface area (Å²) in [5.74, 6) is -0.969. The van der Waals surface area contributed by atoms with Crippen molar-refractivity contribution >= 4 is 39.4 Å². The van der Waals surface area contributed by atoms with E-state index in [1.165, 1.54) is 49.4 Å². The Kier molecular flexibility index (Phi) is 7.69. The summed E-state index contributed by atoms with van der Waals surface area (Å²) in [5, 5.41) is 14.8. The lowest BCUT2D eigenvalue weighted by Gasteiger charge is -2.11. The molecule has 2 N–H and O–H groups in total. The van der Waals surface area contributed by atoms with Gasteiger partial charge >= 0.3 is 10.1 Å². The van der Waals surface area contributed by atoms with Crippen molar-refractivity contribution in [2.75, 3.05) is 10.6 Å². The van der Waals surface area contributed by atoms with Gasteiger partial charge in [0.25, 0.3) is 5.91 Å². The molecule has 0 aliphatic rings. The minimum atomic E-state index is -4.23. The second kappa shape index (κ2) is 10.7. The third-order valence-corrected chi connectivity index (χ3v) is 6.13. The lowest BCUT2D eigenvalue weighted by atomic mass is 10.1. The molecule has 3 aromatic carbocycles. The molecule has 0 radical (unpaired) electrons. The Hall–Kier alpha value is -4.42. The minimum Gasteiger partial charge on any atom is -0.378 e. The van der Waals surface area contributed by atoms with Crippen molar-refractivity contribution < 1.29 is 22.2 Å². The van der Waals surface area contributed by atoms with Gasteiger partial charge in [0, 0.05) is 23.9 Å². The van der Waals surface area contributed by atoms with Gasteiger partial charge in [0.15, 0.2) is 0 Å². The Bertz CT molecular complexity index is 1450. The van der Waals surface area contributed by atoms with Crippen molar-refractivity contribution in [3.63, 3.8) is 0 Å². The number of para-hydroxylation sites is 1. The second-order valence-electron chi connectivity index (χ2n) is 7.72. The van der Waals surface area contributed by atoms with Crippen LogP contribution in [-0.2, 0) is 19.7 Å². The van der Waals surface area contributed by atoms with Crippen LogP contribution in [0.15, 0.2) is 77.2 Å². The van der Waals surface area contributed by atoms with Crippen LogP contribution in [0.5, 0.6) is 5.75 Å². The molecule has 3 aromatic rings. The van der Waals surface area contributed by atoms with E-state index in [2.05, 4.69) is 10.6 Å². The van der Waals surface area contributed by atoms with E-state index in [0.717, 1.165) is 11.1 Å². The van der Waals surface area contributed by atoms with Crippen LogP contribution in [-0.4, -0.2) is 20.2 Å². The van der Waals surface area contributed by atoms with Crippen molar-refractivity contribution in [2.45, 2.75) is 25.7 Å². The summed E-state index contributed by atoms with van der Waals surface area (Å²) in [5.41, 5.74) is 2.89. The quantitative estimate of drug-likeness (QED) is 0.284. The molecular formula is C26H23N3O5S. The molecule has 8 nitrogen and oxygen atoms in total. The summed E-state index contributed by atoms with van der Waals surface area (Å²) in [6.45, 7) is 5.12. The van der Waals surface area contributed by atoms with Crippen molar-refractivity contribution in [1.82, 2.24) is 0 Å². The standard InChI is InChI=1S/C26H23N3O5S/c1-17-8-13-24(18(2)14-17)29-26(31)21(16-27)15-20-6-4-5-7-25(20)34-35(32,33)23-11-9-22(10-12-23)28-19(3)30/h4-15H,1-3H3,(H,28,30)(H,29,31)/b21-15+. The van der Waals surface area contributed by atoms with Crippen LogP contribution in [0.4, 0.5) is 11.4 Å². The zero-order valence-electron chi connectivity index (χ0n) is 19.3. The van der Waals surface area contributed by atoms with Crippen molar-refractivity contribution in [3.05, 3.63) is 89.0 Å². The number of carbonyl (C=O) groups is 2. The highest BCUT2D eigenvalue weighted by molar-refractivity contribution is 7.87. The zero-order valence-corrected chi connectivity index (χ0v) is 20.1. The van der Waals surface area contributed by atoms with E-state index in [9.17, 15) is 23.3 Å². The fourth-order valence-corrected chi connectivity index (χ4v) is 4.15. The number of amides is 2. The molecule has 0 unspecified atom stereocenters. The van der Waals surface area contributed by atoms with Gasteiger partial charge in [-0.1, -0.05) is 35.9 Å². The largest absolute Gasteiger partial charge is 0.378 e. The Morgan fingerprint density at radius 2 is 1.66 bits per heavy atom. The molecule has 0 saturated heterocycles. The Balaban J connectivity index is 1.86. The van der Waals surface area contributed by atoms with Gasteiger partial charge < -0.3 is 14.8 Å². The van der Waals surface area contributed by atoms with Gasteiger partial charge in [0.2, 0.25) is 5.91 Å². The molecule has 0 bridgehead atoms. The molecule has 0 atom stereocenters. The fourth-order valence-electron chi connectivity index (χ4n) is 3.20. The summed E-state index contributed by atoms with van der Waals surface area (Å²) in [6, 6.07) is 19.0. The minimum absolute atomic E-state index is 0.0505. The number of benzene rings is 3. The molecule has 0 aliphatic carbocycles. The van der Waals surface area contributed by atoms with Crippen molar-refractivity contribution in [2.24, 2.45) is 0 Å². The Labute approximate surface area is 204 Å². The molecule has 9 heteroatoms. The van der Waals surface area contributed by atoms with Crippen LogP contribution >= 0.6 is 0 Å². The summed E-state index contributed by atoms with van der Waals surface area (Å²) in [7, 11) is -4.23. The summed E-state index contributed by atoms with van der Waals surface area (Å²) in [4.78, 5) is 23.8. The SMILES string of the molecule is CC(=O)Nc1ccc(S(=O)(=O)Oc2ccccc2/C=C(\C#N)C(=O)Nc2ccc(C)cc2C)cc1. The number of aryl methyl sites for hydroxylation is 2. The van der Waals surface area contributed by atoms with Crippen LogP contribution in [0.1, 0.15) is 23.6 Å². The van der Waals surface area contributed by atoms with Gasteiger partial charge in [-0.2, -0.15) is 13.7 Å². The smallest absolute Gasteiger partial charge is 0.339 e. The number of hydrogen-bond donors (Lipinski definition) is 2. The van der Waals surface area contributed by atoms with Gasteiger partial charge in [-0.05, 0) is 61.9 Å². The Morgan fingerprint density at radius 3 is 2.29 bits per heavy atom. The molecule has 2 amide bonds. The van der Waals surface area contributed by atoms with Crippen LogP contribution in [0, 0.1) is 25.2 Å². The first-order valence-corrected chi connectivity index (χ1v) is 11.9. The lowest BCUT2D eigenvalue weighted by Crippen LogP contribution is -2.14.